The van der Waals surface area contributed by atoms with E-state index >= 15 is 0 Å². The zero-order valence-electron chi connectivity index (χ0n) is 16.8. The Hall–Kier alpha value is -2.65. The third-order valence-electron chi connectivity index (χ3n) is 5.74. The fourth-order valence-electron chi connectivity index (χ4n) is 3.85. The van der Waals surface area contributed by atoms with Crippen molar-refractivity contribution in [2.75, 3.05) is 18.4 Å². The molecule has 0 spiro atoms. The summed E-state index contributed by atoms with van der Waals surface area (Å²) in [6.45, 7) is 7.68. The maximum Gasteiger partial charge on any atom is 0.239 e. The molecule has 0 saturated carbocycles. The van der Waals surface area contributed by atoms with E-state index in [0.29, 0.717) is 30.5 Å². The van der Waals surface area contributed by atoms with E-state index in [4.69, 9.17) is 0 Å². The zero-order valence-corrected chi connectivity index (χ0v) is 16.8. The van der Waals surface area contributed by atoms with Crippen LogP contribution in [0.25, 0.3) is 0 Å². The standard InChI is InChI=1S/C22H27FN4O/c1-15-6-4-5-11-26(15)14-21(28)25-22-20(12-24)16(2)17(3)27(22)13-18-7-9-19(23)10-8-18/h7-10,15H,4-6,11,13-14H2,1-3H3,(H,25,28)/t15-/m1/s1. The lowest BCUT2D eigenvalue weighted by Gasteiger charge is -2.32. The summed E-state index contributed by atoms with van der Waals surface area (Å²) in [5.41, 5.74) is 3.16. The molecule has 1 fully saturated rings. The number of carbonyl (C=O) groups excluding carboxylic acids is 1. The Morgan fingerprint density at radius 2 is 2.00 bits per heavy atom. The number of carbonyl (C=O) groups is 1. The van der Waals surface area contributed by atoms with Gasteiger partial charge in [-0.3, -0.25) is 9.69 Å². The summed E-state index contributed by atoms with van der Waals surface area (Å²) in [7, 11) is 0. The first kappa shape index (κ1) is 20.1. The van der Waals surface area contributed by atoms with Gasteiger partial charge < -0.3 is 9.88 Å². The molecular formula is C22H27FN4O. The van der Waals surface area contributed by atoms with Crippen LogP contribution in [0.5, 0.6) is 0 Å². The number of nitriles is 1. The van der Waals surface area contributed by atoms with E-state index in [9.17, 15) is 14.4 Å². The summed E-state index contributed by atoms with van der Waals surface area (Å²) < 4.78 is 15.2. The molecule has 1 N–H and O–H groups in total. The highest BCUT2D eigenvalue weighted by Crippen LogP contribution is 2.27. The number of rotatable bonds is 5. The lowest BCUT2D eigenvalue weighted by molar-refractivity contribution is -0.118. The molecule has 0 bridgehead atoms. The minimum absolute atomic E-state index is 0.108. The van der Waals surface area contributed by atoms with E-state index in [1.54, 1.807) is 12.1 Å². The fourth-order valence-corrected chi connectivity index (χ4v) is 3.85. The van der Waals surface area contributed by atoms with Crippen molar-refractivity contribution in [1.82, 2.24) is 9.47 Å². The van der Waals surface area contributed by atoms with Crippen LogP contribution in [0.15, 0.2) is 24.3 Å². The normalized spacial score (nSPS) is 17.3. The molecule has 1 amide bonds. The molecule has 1 saturated heterocycles. The van der Waals surface area contributed by atoms with Gasteiger partial charge in [-0.1, -0.05) is 18.6 Å². The highest BCUT2D eigenvalue weighted by Gasteiger charge is 2.23. The monoisotopic (exact) mass is 382 g/mol. The van der Waals surface area contributed by atoms with E-state index in [0.717, 1.165) is 36.2 Å². The Morgan fingerprint density at radius 1 is 1.29 bits per heavy atom. The summed E-state index contributed by atoms with van der Waals surface area (Å²) in [6.07, 6.45) is 3.42. The number of likely N-dealkylation sites (tertiary alicyclic amines) is 1. The molecule has 2 aromatic rings. The van der Waals surface area contributed by atoms with Gasteiger partial charge in [-0.05, 0) is 63.4 Å². The molecule has 0 aliphatic carbocycles. The Bertz CT molecular complexity index is 895. The van der Waals surface area contributed by atoms with Gasteiger partial charge in [-0.25, -0.2) is 4.39 Å². The number of hydrogen-bond donors (Lipinski definition) is 1. The molecule has 1 aliphatic heterocycles. The molecule has 28 heavy (non-hydrogen) atoms. The molecule has 5 nitrogen and oxygen atoms in total. The van der Waals surface area contributed by atoms with Crippen LogP contribution >= 0.6 is 0 Å². The number of amides is 1. The third kappa shape index (κ3) is 4.26. The number of nitrogens with one attached hydrogen (secondary N) is 1. The molecule has 0 radical (unpaired) electrons. The van der Waals surface area contributed by atoms with Crippen LogP contribution in [0.2, 0.25) is 0 Å². The average molecular weight is 382 g/mol. The Labute approximate surface area is 165 Å². The molecule has 148 valence electrons. The largest absolute Gasteiger partial charge is 0.326 e. The number of anilines is 1. The van der Waals surface area contributed by atoms with Gasteiger partial charge in [0.15, 0.2) is 0 Å². The summed E-state index contributed by atoms with van der Waals surface area (Å²) in [6, 6.07) is 8.90. The quantitative estimate of drug-likeness (QED) is 0.851. The van der Waals surface area contributed by atoms with Gasteiger partial charge >= 0.3 is 0 Å². The van der Waals surface area contributed by atoms with Crippen LogP contribution in [0, 0.1) is 31.0 Å². The average Bonchev–Trinajstić information content (AvgIpc) is 2.89. The lowest BCUT2D eigenvalue weighted by Crippen LogP contribution is -2.42. The van der Waals surface area contributed by atoms with Gasteiger partial charge in [0, 0.05) is 18.3 Å². The van der Waals surface area contributed by atoms with Gasteiger partial charge in [0.2, 0.25) is 5.91 Å². The zero-order chi connectivity index (χ0) is 20.3. The first-order valence-corrected chi connectivity index (χ1v) is 9.78. The van der Waals surface area contributed by atoms with Crippen molar-refractivity contribution < 1.29 is 9.18 Å². The number of nitrogens with zero attached hydrogens (tertiary/aromatic N) is 3. The number of benzene rings is 1. The first-order chi connectivity index (χ1) is 13.4. The van der Waals surface area contributed by atoms with Gasteiger partial charge in [0.25, 0.3) is 0 Å². The smallest absolute Gasteiger partial charge is 0.239 e. The molecule has 6 heteroatoms. The minimum Gasteiger partial charge on any atom is -0.326 e. The predicted octanol–water partition coefficient (Wildman–Crippen LogP) is 3.98. The van der Waals surface area contributed by atoms with Crippen LogP contribution in [0.1, 0.15) is 48.6 Å². The molecule has 1 aromatic carbocycles. The molecule has 1 aromatic heterocycles. The maximum atomic E-state index is 13.2. The van der Waals surface area contributed by atoms with Crippen LogP contribution in [-0.2, 0) is 11.3 Å². The molecule has 1 atom stereocenters. The summed E-state index contributed by atoms with van der Waals surface area (Å²) in [5.74, 6) is 0.130. The molecular weight excluding hydrogens is 355 g/mol. The molecule has 0 unspecified atom stereocenters. The van der Waals surface area contributed by atoms with Crippen molar-refractivity contribution in [1.29, 1.82) is 5.26 Å². The van der Waals surface area contributed by atoms with Crippen LogP contribution in [0.3, 0.4) is 0 Å². The topological polar surface area (TPSA) is 61.1 Å². The first-order valence-electron chi connectivity index (χ1n) is 9.78. The highest BCUT2D eigenvalue weighted by atomic mass is 19.1. The number of halogens is 1. The highest BCUT2D eigenvalue weighted by molar-refractivity contribution is 5.93. The number of hydrogen-bond acceptors (Lipinski definition) is 3. The summed E-state index contributed by atoms with van der Waals surface area (Å²) >= 11 is 0. The van der Waals surface area contributed by atoms with Crippen LogP contribution < -0.4 is 5.32 Å². The summed E-state index contributed by atoms with van der Waals surface area (Å²) in [4.78, 5) is 14.9. The second-order valence-electron chi connectivity index (χ2n) is 7.62. The molecule has 3 rings (SSSR count). The van der Waals surface area contributed by atoms with Crippen molar-refractivity contribution in [3.8, 4) is 6.07 Å². The Kier molecular flexibility index (Phi) is 6.15. The molecule has 2 heterocycles. The third-order valence-corrected chi connectivity index (χ3v) is 5.74. The summed E-state index contributed by atoms with van der Waals surface area (Å²) in [5, 5.41) is 12.6. The maximum absolute atomic E-state index is 13.2. The van der Waals surface area contributed by atoms with Gasteiger partial charge in [0.1, 0.15) is 17.7 Å². The van der Waals surface area contributed by atoms with E-state index < -0.39 is 0 Å². The van der Waals surface area contributed by atoms with Crippen molar-refractivity contribution in [3.05, 3.63) is 52.5 Å². The molecule has 1 aliphatic rings. The number of piperidine rings is 1. The second kappa shape index (κ2) is 8.57. The minimum atomic E-state index is -0.286. The SMILES string of the molecule is Cc1c(C#N)c(NC(=O)CN2CCCC[C@H]2C)n(Cc2ccc(F)cc2)c1C. The van der Waals surface area contributed by atoms with Crippen molar-refractivity contribution in [2.24, 2.45) is 0 Å². The Morgan fingerprint density at radius 3 is 2.64 bits per heavy atom. The van der Waals surface area contributed by atoms with Gasteiger partial charge in [-0.2, -0.15) is 5.26 Å². The van der Waals surface area contributed by atoms with Crippen molar-refractivity contribution >= 4 is 11.7 Å². The van der Waals surface area contributed by atoms with Gasteiger partial charge in [-0.15, -0.1) is 0 Å². The van der Waals surface area contributed by atoms with Crippen LogP contribution in [0.4, 0.5) is 10.2 Å². The van der Waals surface area contributed by atoms with Gasteiger partial charge in [0.05, 0.1) is 12.1 Å². The second-order valence-corrected chi connectivity index (χ2v) is 7.62. The van der Waals surface area contributed by atoms with E-state index in [-0.39, 0.29) is 11.7 Å². The van der Waals surface area contributed by atoms with E-state index in [1.165, 1.54) is 18.6 Å². The van der Waals surface area contributed by atoms with E-state index in [2.05, 4.69) is 23.2 Å². The predicted molar refractivity (Wildman–Crippen MR) is 108 cm³/mol. The number of aromatic nitrogens is 1. The van der Waals surface area contributed by atoms with Crippen LogP contribution in [-0.4, -0.2) is 34.5 Å². The Balaban J connectivity index is 1.84. The fraction of sp³-hybridized carbons (Fsp3) is 0.455. The lowest BCUT2D eigenvalue weighted by atomic mass is 10.0. The van der Waals surface area contributed by atoms with E-state index in [1.807, 2.05) is 18.4 Å². The van der Waals surface area contributed by atoms with Crippen molar-refractivity contribution in [3.63, 3.8) is 0 Å². The van der Waals surface area contributed by atoms with Crippen molar-refractivity contribution in [2.45, 2.75) is 52.6 Å².